The number of hydrogen-bond acceptors (Lipinski definition) is 6. The van der Waals surface area contributed by atoms with Gasteiger partial charge in [-0.2, -0.15) is 0 Å². The van der Waals surface area contributed by atoms with Crippen molar-refractivity contribution in [2.75, 3.05) is 13.7 Å². The van der Waals surface area contributed by atoms with Crippen LogP contribution in [0.4, 0.5) is 0 Å². The second-order valence-electron chi connectivity index (χ2n) is 10.0. The van der Waals surface area contributed by atoms with E-state index in [1.54, 1.807) is 6.92 Å². The van der Waals surface area contributed by atoms with Crippen molar-refractivity contribution in [3.63, 3.8) is 0 Å². The maximum absolute atomic E-state index is 12.5. The van der Waals surface area contributed by atoms with E-state index < -0.39 is 35.6 Å². The Morgan fingerprint density at radius 1 is 1.09 bits per heavy atom. The number of likely N-dealkylation sites (tertiary alicyclic amines) is 1. The first-order valence-electron chi connectivity index (χ1n) is 13.3. The molecule has 194 valence electrons. The van der Waals surface area contributed by atoms with Gasteiger partial charge < -0.3 is 19.5 Å². The van der Waals surface area contributed by atoms with Crippen LogP contribution in [0.2, 0.25) is 0 Å². The van der Waals surface area contributed by atoms with Crippen LogP contribution < -0.4 is 0 Å². The van der Waals surface area contributed by atoms with Gasteiger partial charge in [0.2, 0.25) is 5.91 Å². The number of aliphatic hydroxyl groups is 1. The van der Waals surface area contributed by atoms with E-state index in [-0.39, 0.29) is 18.9 Å². The molecule has 0 aromatic rings. The Morgan fingerprint density at radius 3 is 2.35 bits per heavy atom. The number of carbonyl (C=O) groups excluding carboxylic acids is 3. The molecule has 0 bridgehead atoms. The number of ether oxygens (including phenoxy) is 2. The van der Waals surface area contributed by atoms with Gasteiger partial charge in [0, 0.05) is 13.0 Å². The number of cyclic esters (lactones) is 1. The summed E-state index contributed by atoms with van der Waals surface area (Å²) in [5.74, 6) is -2.06. The highest BCUT2D eigenvalue weighted by Crippen LogP contribution is 2.37. The van der Waals surface area contributed by atoms with E-state index in [1.807, 2.05) is 0 Å². The van der Waals surface area contributed by atoms with Gasteiger partial charge in [0.15, 0.2) is 0 Å². The second kappa shape index (κ2) is 14.5. The first kappa shape index (κ1) is 28.3. The standard InChI is InChI=1S/C27H45NO6/c1-4-5-6-7-8-9-10-11-12-13-14-15-16-19-27(2)24(30)21(25(31)34-27)20-28-22(26(32)33-3)17-18-23(28)29/h13-14,21-22,24,30H,4-12,15-20H2,1-3H3/b14-13+/t21-,22-,24+,27-/m0/s1. The number of methoxy groups -OCH3 is 1. The summed E-state index contributed by atoms with van der Waals surface area (Å²) < 4.78 is 10.4. The van der Waals surface area contributed by atoms with Crippen molar-refractivity contribution in [3.8, 4) is 0 Å². The fourth-order valence-electron chi connectivity index (χ4n) is 5.05. The Balaban J connectivity index is 1.68. The van der Waals surface area contributed by atoms with Crippen molar-refractivity contribution >= 4 is 17.8 Å². The van der Waals surface area contributed by atoms with Gasteiger partial charge in [0.25, 0.3) is 0 Å². The molecule has 34 heavy (non-hydrogen) atoms. The number of esters is 2. The highest BCUT2D eigenvalue weighted by atomic mass is 16.6. The van der Waals surface area contributed by atoms with Crippen LogP contribution in [0.1, 0.15) is 104 Å². The molecule has 2 rings (SSSR count). The monoisotopic (exact) mass is 479 g/mol. The topological polar surface area (TPSA) is 93.1 Å². The number of hydrogen-bond donors (Lipinski definition) is 1. The lowest BCUT2D eigenvalue weighted by Crippen LogP contribution is -2.47. The lowest BCUT2D eigenvalue weighted by Gasteiger charge is -2.29. The van der Waals surface area contributed by atoms with Crippen molar-refractivity contribution in [3.05, 3.63) is 12.2 Å². The fourth-order valence-corrected chi connectivity index (χ4v) is 5.05. The first-order valence-corrected chi connectivity index (χ1v) is 13.3. The van der Waals surface area contributed by atoms with Gasteiger partial charge in [-0.3, -0.25) is 9.59 Å². The van der Waals surface area contributed by atoms with Crippen molar-refractivity contribution in [2.24, 2.45) is 5.92 Å². The molecule has 4 atom stereocenters. The maximum atomic E-state index is 12.5. The molecule has 7 heteroatoms. The predicted molar refractivity (Wildman–Crippen MR) is 131 cm³/mol. The lowest BCUT2D eigenvalue weighted by atomic mass is 9.87. The molecule has 0 saturated carbocycles. The maximum Gasteiger partial charge on any atom is 0.328 e. The minimum absolute atomic E-state index is 0.0211. The zero-order chi connectivity index (χ0) is 25.0. The third-order valence-corrected chi connectivity index (χ3v) is 7.27. The molecule has 2 aliphatic rings. The Bertz CT molecular complexity index is 693. The van der Waals surface area contributed by atoms with Gasteiger partial charge in [-0.25, -0.2) is 4.79 Å². The zero-order valence-corrected chi connectivity index (χ0v) is 21.4. The van der Waals surface area contributed by atoms with Gasteiger partial charge in [-0.15, -0.1) is 0 Å². The molecule has 0 aliphatic carbocycles. The van der Waals surface area contributed by atoms with E-state index in [0.717, 1.165) is 19.3 Å². The zero-order valence-electron chi connectivity index (χ0n) is 21.4. The Labute approximate surface area is 205 Å². The number of aliphatic hydroxyl groups excluding tert-OH is 1. The highest BCUT2D eigenvalue weighted by molar-refractivity contribution is 5.88. The molecule has 0 aromatic heterocycles. The van der Waals surface area contributed by atoms with E-state index in [0.29, 0.717) is 12.8 Å². The first-order chi connectivity index (χ1) is 16.3. The number of allylic oxidation sites excluding steroid dienone is 2. The molecule has 0 aromatic carbocycles. The Hall–Kier alpha value is -1.89. The largest absolute Gasteiger partial charge is 0.467 e. The number of rotatable bonds is 16. The van der Waals surface area contributed by atoms with Gasteiger partial charge in [0.05, 0.1) is 7.11 Å². The number of unbranched alkanes of at least 4 members (excludes halogenated alkanes) is 9. The lowest BCUT2D eigenvalue weighted by molar-refractivity contribution is -0.153. The summed E-state index contributed by atoms with van der Waals surface area (Å²) in [5.41, 5.74) is -0.975. The number of carbonyl (C=O) groups is 3. The summed E-state index contributed by atoms with van der Waals surface area (Å²) in [6.45, 7) is 3.98. The molecule has 2 fully saturated rings. The van der Waals surface area contributed by atoms with E-state index in [4.69, 9.17) is 9.47 Å². The smallest absolute Gasteiger partial charge is 0.328 e. The summed E-state index contributed by atoms with van der Waals surface area (Å²) in [6, 6.07) is -0.699. The van der Waals surface area contributed by atoms with Gasteiger partial charge in [-0.1, -0.05) is 64.0 Å². The SMILES string of the molecule is CCCCCCCCCC/C=C/CCC[C@]1(C)OC(=O)[C@@H](CN2C(=O)CC[C@H]2C(=O)OC)[C@H]1O. The number of nitrogens with zero attached hydrogens (tertiary/aromatic N) is 1. The normalized spacial score (nSPS) is 27.1. The van der Waals surface area contributed by atoms with Crippen LogP contribution in [0.15, 0.2) is 12.2 Å². The van der Waals surface area contributed by atoms with E-state index in [1.165, 1.54) is 63.4 Å². The van der Waals surface area contributed by atoms with E-state index >= 15 is 0 Å². The molecule has 0 unspecified atom stereocenters. The highest BCUT2D eigenvalue weighted by Gasteiger charge is 2.53. The predicted octanol–water partition coefficient (Wildman–Crippen LogP) is 4.70. The molecule has 2 saturated heterocycles. The molecule has 2 aliphatic heterocycles. The quantitative estimate of drug-likeness (QED) is 0.196. The van der Waals surface area contributed by atoms with Crippen molar-refractivity contribution in [2.45, 2.75) is 121 Å². The molecule has 0 radical (unpaired) electrons. The summed E-state index contributed by atoms with van der Waals surface area (Å²) >= 11 is 0. The van der Waals surface area contributed by atoms with Crippen LogP contribution >= 0.6 is 0 Å². The molecule has 1 N–H and O–H groups in total. The van der Waals surface area contributed by atoms with Gasteiger partial charge in [0.1, 0.15) is 23.7 Å². The van der Waals surface area contributed by atoms with E-state index in [9.17, 15) is 19.5 Å². The fraction of sp³-hybridized carbons (Fsp3) is 0.815. The average Bonchev–Trinajstić information content (AvgIpc) is 3.28. The van der Waals surface area contributed by atoms with Gasteiger partial charge >= 0.3 is 11.9 Å². The molecule has 7 nitrogen and oxygen atoms in total. The molecular weight excluding hydrogens is 434 g/mol. The Kier molecular flexibility index (Phi) is 12.1. The molecule has 1 amide bonds. The van der Waals surface area contributed by atoms with Crippen molar-refractivity contribution in [1.82, 2.24) is 4.90 Å². The second-order valence-corrected chi connectivity index (χ2v) is 10.0. The van der Waals surface area contributed by atoms with Crippen LogP contribution in [0.25, 0.3) is 0 Å². The third-order valence-electron chi connectivity index (χ3n) is 7.27. The van der Waals surface area contributed by atoms with Crippen LogP contribution in [-0.2, 0) is 23.9 Å². The van der Waals surface area contributed by atoms with Crippen molar-refractivity contribution < 1.29 is 29.0 Å². The summed E-state index contributed by atoms with van der Waals surface area (Å²) in [7, 11) is 1.28. The van der Waals surface area contributed by atoms with E-state index in [2.05, 4.69) is 19.1 Å². The molecular formula is C27H45NO6. The Morgan fingerprint density at radius 2 is 1.71 bits per heavy atom. The summed E-state index contributed by atoms with van der Waals surface area (Å²) in [4.78, 5) is 38.1. The minimum Gasteiger partial charge on any atom is -0.467 e. The molecule has 0 spiro atoms. The van der Waals surface area contributed by atoms with Crippen molar-refractivity contribution in [1.29, 1.82) is 0 Å². The third kappa shape index (κ3) is 8.10. The summed E-state index contributed by atoms with van der Waals surface area (Å²) in [6.07, 6.45) is 17.9. The van der Waals surface area contributed by atoms with Crippen LogP contribution in [0.5, 0.6) is 0 Å². The van der Waals surface area contributed by atoms with Crippen LogP contribution in [0, 0.1) is 5.92 Å². The molecule has 2 heterocycles. The number of amides is 1. The summed E-state index contributed by atoms with van der Waals surface area (Å²) in [5, 5.41) is 10.9. The average molecular weight is 480 g/mol. The van der Waals surface area contributed by atoms with Crippen LogP contribution in [-0.4, -0.2) is 59.3 Å². The van der Waals surface area contributed by atoms with Gasteiger partial charge in [-0.05, 0) is 45.4 Å². The van der Waals surface area contributed by atoms with Crippen LogP contribution in [0.3, 0.4) is 0 Å². The minimum atomic E-state index is -1.02.